The van der Waals surface area contributed by atoms with Crippen LogP contribution >= 0.6 is 0 Å². The first-order valence-corrected chi connectivity index (χ1v) is 7.76. The fraction of sp³-hybridized carbons (Fsp3) is 0.538. The summed E-state index contributed by atoms with van der Waals surface area (Å²) in [5.41, 5.74) is 6.06. The van der Waals surface area contributed by atoms with Gasteiger partial charge in [-0.2, -0.15) is 0 Å². The number of sulfonamides is 1. The predicted molar refractivity (Wildman–Crippen MR) is 74.7 cm³/mol. The smallest absolute Gasteiger partial charge is 0.240 e. The number of nitrogen functional groups attached to an aromatic ring is 1. The van der Waals surface area contributed by atoms with Crippen molar-refractivity contribution in [2.75, 3.05) is 5.73 Å². The molecule has 0 aliphatic heterocycles. The molecule has 0 aromatic heterocycles. The van der Waals surface area contributed by atoms with E-state index in [0.29, 0.717) is 11.6 Å². The molecular formula is C13H22N2O2S. The Labute approximate surface area is 110 Å². The molecule has 0 bridgehead atoms. The first kappa shape index (κ1) is 15.0. The zero-order chi connectivity index (χ0) is 13.8. The highest BCUT2D eigenvalue weighted by Crippen LogP contribution is 2.17. The maximum Gasteiger partial charge on any atom is 0.240 e. The maximum atomic E-state index is 12.2. The molecule has 0 spiro atoms. The standard InChI is InChI=1S/C13H22N2O2S/c1-4-11(5-2)10(3)15-18(16,17)13-8-6-7-12(14)9-13/h6-11,15H,4-5,14H2,1-3H3. The number of anilines is 1. The van der Waals surface area contributed by atoms with Gasteiger partial charge >= 0.3 is 0 Å². The number of nitrogens with two attached hydrogens (primary N) is 1. The Kier molecular flexibility index (Phi) is 5.16. The molecule has 102 valence electrons. The van der Waals surface area contributed by atoms with Crippen molar-refractivity contribution in [1.29, 1.82) is 0 Å². The van der Waals surface area contributed by atoms with Gasteiger partial charge in [0.1, 0.15) is 0 Å². The second kappa shape index (κ2) is 6.20. The molecule has 1 aromatic rings. The van der Waals surface area contributed by atoms with Gasteiger partial charge in [-0.05, 0) is 31.0 Å². The average molecular weight is 270 g/mol. The van der Waals surface area contributed by atoms with Crippen molar-refractivity contribution >= 4 is 15.7 Å². The Morgan fingerprint density at radius 3 is 2.39 bits per heavy atom. The third-order valence-electron chi connectivity index (χ3n) is 3.27. The van der Waals surface area contributed by atoms with E-state index in [1.165, 1.54) is 6.07 Å². The molecule has 0 aliphatic rings. The number of nitrogens with one attached hydrogen (secondary N) is 1. The molecule has 18 heavy (non-hydrogen) atoms. The highest BCUT2D eigenvalue weighted by atomic mass is 32.2. The summed E-state index contributed by atoms with van der Waals surface area (Å²) in [5, 5.41) is 0. The number of rotatable bonds is 6. The minimum absolute atomic E-state index is 0.0774. The van der Waals surface area contributed by atoms with Gasteiger partial charge in [0.25, 0.3) is 0 Å². The third-order valence-corrected chi connectivity index (χ3v) is 4.82. The Hall–Kier alpha value is -1.07. The van der Waals surface area contributed by atoms with Crippen LogP contribution < -0.4 is 10.5 Å². The van der Waals surface area contributed by atoms with E-state index in [1.54, 1.807) is 18.2 Å². The van der Waals surface area contributed by atoms with Crippen molar-refractivity contribution in [2.45, 2.75) is 44.6 Å². The van der Waals surface area contributed by atoms with E-state index in [2.05, 4.69) is 18.6 Å². The van der Waals surface area contributed by atoms with E-state index in [1.807, 2.05) is 6.92 Å². The van der Waals surface area contributed by atoms with Crippen molar-refractivity contribution in [3.05, 3.63) is 24.3 Å². The van der Waals surface area contributed by atoms with Gasteiger partial charge < -0.3 is 5.73 Å². The van der Waals surface area contributed by atoms with Crippen molar-refractivity contribution in [3.8, 4) is 0 Å². The largest absolute Gasteiger partial charge is 0.399 e. The summed E-state index contributed by atoms with van der Waals surface area (Å²) in [5.74, 6) is 0.348. The Bertz CT molecular complexity index is 482. The molecule has 0 heterocycles. The van der Waals surface area contributed by atoms with E-state index >= 15 is 0 Å². The highest BCUT2D eigenvalue weighted by molar-refractivity contribution is 7.89. The van der Waals surface area contributed by atoms with E-state index < -0.39 is 10.0 Å². The SMILES string of the molecule is CCC(CC)C(C)NS(=O)(=O)c1cccc(N)c1. The van der Waals surface area contributed by atoms with Crippen LogP contribution in [0.1, 0.15) is 33.6 Å². The second-order valence-electron chi connectivity index (χ2n) is 4.56. The monoisotopic (exact) mass is 270 g/mol. The summed E-state index contributed by atoms with van der Waals surface area (Å²) in [7, 11) is -3.48. The topological polar surface area (TPSA) is 72.2 Å². The minimum Gasteiger partial charge on any atom is -0.399 e. The van der Waals surface area contributed by atoms with Crippen LogP contribution in [0.2, 0.25) is 0 Å². The van der Waals surface area contributed by atoms with Gasteiger partial charge in [0.2, 0.25) is 10.0 Å². The van der Waals surface area contributed by atoms with Gasteiger partial charge in [-0.3, -0.25) is 0 Å². The molecule has 1 atom stereocenters. The molecule has 1 rings (SSSR count). The lowest BCUT2D eigenvalue weighted by Gasteiger charge is -2.22. The minimum atomic E-state index is -3.48. The summed E-state index contributed by atoms with van der Waals surface area (Å²) in [4.78, 5) is 0.223. The lowest BCUT2D eigenvalue weighted by atomic mass is 9.96. The van der Waals surface area contributed by atoms with Crippen LogP contribution in [0.5, 0.6) is 0 Å². The van der Waals surface area contributed by atoms with E-state index in [9.17, 15) is 8.42 Å². The molecule has 3 N–H and O–H groups in total. The molecule has 5 heteroatoms. The van der Waals surface area contributed by atoms with Crippen LogP contribution in [0, 0.1) is 5.92 Å². The van der Waals surface area contributed by atoms with Crippen LogP contribution in [0.25, 0.3) is 0 Å². The quantitative estimate of drug-likeness (QED) is 0.779. The van der Waals surface area contributed by atoms with Crippen molar-refractivity contribution in [1.82, 2.24) is 4.72 Å². The Balaban J connectivity index is 2.89. The summed E-state index contributed by atoms with van der Waals surface area (Å²) in [6, 6.07) is 6.27. The molecule has 0 radical (unpaired) electrons. The van der Waals surface area contributed by atoms with Crippen LogP contribution in [-0.2, 0) is 10.0 Å². The molecule has 1 aromatic carbocycles. The molecule has 0 aliphatic carbocycles. The molecule has 4 nitrogen and oxygen atoms in total. The van der Waals surface area contributed by atoms with E-state index in [0.717, 1.165) is 12.8 Å². The second-order valence-corrected chi connectivity index (χ2v) is 6.27. The first-order valence-electron chi connectivity index (χ1n) is 6.28. The van der Waals surface area contributed by atoms with E-state index in [-0.39, 0.29) is 10.9 Å². The zero-order valence-corrected chi connectivity index (χ0v) is 12.0. The number of benzene rings is 1. The van der Waals surface area contributed by atoms with Crippen molar-refractivity contribution < 1.29 is 8.42 Å². The number of hydrogen-bond donors (Lipinski definition) is 2. The lowest BCUT2D eigenvalue weighted by molar-refractivity contribution is 0.391. The van der Waals surface area contributed by atoms with Gasteiger partial charge in [-0.1, -0.05) is 32.8 Å². The molecule has 1 unspecified atom stereocenters. The van der Waals surface area contributed by atoms with Crippen LogP contribution in [0.4, 0.5) is 5.69 Å². The van der Waals surface area contributed by atoms with Gasteiger partial charge in [0.05, 0.1) is 4.90 Å². The van der Waals surface area contributed by atoms with Gasteiger partial charge in [0, 0.05) is 11.7 Å². The fourth-order valence-electron chi connectivity index (χ4n) is 2.09. The van der Waals surface area contributed by atoms with Gasteiger partial charge in [-0.25, -0.2) is 13.1 Å². The average Bonchev–Trinajstić information content (AvgIpc) is 2.30. The third kappa shape index (κ3) is 3.71. The summed E-state index contributed by atoms with van der Waals surface area (Å²) in [6.45, 7) is 6.04. The van der Waals surface area contributed by atoms with Crippen LogP contribution in [-0.4, -0.2) is 14.5 Å². The molecule has 0 amide bonds. The fourth-order valence-corrected chi connectivity index (χ4v) is 3.45. The summed E-state index contributed by atoms with van der Waals surface area (Å²) in [6.07, 6.45) is 1.91. The number of hydrogen-bond acceptors (Lipinski definition) is 3. The van der Waals surface area contributed by atoms with Crippen LogP contribution in [0.15, 0.2) is 29.2 Å². The zero-order valence-electron chi connectivity index (χ0n) is 11.2. The maximum absolute atomic E-state index is 12.2. The van der Waals surface area contributed by atoms with Crippen molar-refractivity contribution in [2.24, 2.45) is 5.92 Å². The first-order chi connectivity index (χ1) is 8.40. The van der Waals surface area contributed by atoms with Crippen LogP contribution in [0.3, 0.4) is 0 Å². The molecule has 0 saturated heterocycles. The Morgan fingerprint density at radius 2 is 1.89 bits per heavy atom. The highest BCUT2D eigenvalue weighted by Gasteiger charge is 2.21. The lowest BCUT2D eigenvalue weighted by Crippen LogP contribution is -2.37. The summed E-state index contributed by atoms with van der Waals surface area (Å²) >= 11 is 0. The Morgan fingerprint density at radius 1 is 1.28 bits per heavy atom. The van der Waals surface area contributed by atoms with Gasteiger partial charge in [-0.15, -0.1) is 0 Å². The molecule has 0 saturated carbocycles. The predicted octanol–water partition coefficient (Wildman–Crippen LogP) is 2.37. The normalized spacial score (nSPS) is 13.8. The summed E-state index contributed by atoms with van der Waals surface area (Å²) < 4.78 is 27.0. The van der Waals surface area contributed by atoms with E-state index in [4.69, 9.17) is 5.73 Å². The van der Waals surface area contributed by atoms with Crippen molar-refractivity contribution in [3.63, 3.8) is 0 Å². The molecular weight excluding hydrogens is 248 g/mol. The van der Waals surface area contributed by atoms with Gasteiger partial charge in [0.15, 0.2) is 0 Å². The molecule has 0 fully saturated rings.